The molecule has 0 spiro atoms. The zero-order valence-electron chi connectivity index (χ0n) is 9.14. The van der Waals surface area contributed by atoms with Crippen molar-refractivity contribution in [2.45, 2.75) is 26.4 Å². The maximum absolute atomic E-state index is 10.6. The van der Waals surface area contributed by atoms with E-state index < -0.39 is 0 Å². The molecule has 1 atom stereocenters. The number of esters is 1. The smallest absolute Gasteiger partial charge is 0.302 e. The van der Waals surface area contributed by atoms with Crippen LogP contribution in [0.2, 0.25) is 0 Å². The first-order valence-corrected chi connectivity index (χ1v) is 5.07. The van der Waals surface area contributed by atoms with Gasteiger partial charge in [-0.25, -0.2) is 0 Å². The van der Waals surface area contributed by atoms with Gasteiger partial charge < -0.3 is 4.74 Å². The third-order valence-corrected chi connectivity index (χ3v) is 1.95. The fourth-order valence-corrected chi connectivity index (χ4v) is 1.29. The maximum Gasteiger partial charge on any atom is 0.302 e. The highest BCUT2D eigenvalue weighted by Crippen LogP contribution is 2.04. The molecular formula is C13H16O2. The lowest BCUT2D eigenvalue weighted by Gasteiger charge is -2.08. The van der Waals surface area contributed by atoms with Crippen LogP contribution in [0, 0.1) is 0 Å². The minimum Gasteiger partial charge on any atom is -0.463 e. The van der Waals surface area contributed by atoms with Gasteiger partial charge in [0.2, 0.25) is 0 Å². The number of benzene rings is 1. The van der Waals surface area contributed by atoms with Gasteiger partial charge in [0.05, 0.1) is 0 Å². The van der Waals surface area contributed by atoms with Crippen LogP contribution < -0.4 is 0 Å². The molecule has 0 fully saturated rings. The van der Waals surface area contributed by atoms with Crippen molar-refractivity contribution in [2.24, 2.45) is 0 Å². The molecular weight excluding hydrogens is 188 g/mol. The topological polar surface area (TPSA) is 26.3 Å². The van der Waals surface area contributed by atoms with Gasteiger partial charge in [-0.1, -0.05) is 42.5 Å². The van der Waals surface area contributed by atoms with Gasteiger partial charge in [0.15, 0.2) is 0 Å². The molecule has 2 nitrogen and oxygen atoms in total. The first-order valence-electron chi connectivity index (χ1n) is 5.07. The molecule has 0 aliphatic heterocycles. The van der Waals surface area contributed by atoms with Gasteiger partial charge in [0, 0.05) is 13.3 Å². The molecule has 0 amide bonds. The van der Waals surface area contributed by atoms with Gasteiger partial charge >= 0.3 is 5.97 Å². The minimum absolute atomic E-state index is 0.0533. The van der Waals surface area contributed by atoms with Crippen molar-refractivity contribution in [1.29, 1.82) is 0 Å². The van der Waals surface area contributed by atoms with Crippen molar-refractivity contribution in [3.05, 3.63) is 42.0 Å². The van der Waals surface area contributed by atoms with Crippen LogP contribution in [0.15, 0.2) is 36.4 Å². The summed E-state index contributed by atoms with van der Waals surface area (Å²) in [5.74, 6) is -0.226. The van der Waals surface area contributed by atoms with Crippen LogP contribution in [0.1, 0.15) is 25.8 Å². The van der Waals surface area contributed by atoms with E-state index in [1.54, 1.807) is 0 Å². The molecule has 0 radical (unpaired) electrons. The van der Waals surface area contributed by atoms with E-state index in [1.165, 1.54) is 6.92 Å². The number of carbonyl (C=O) groups is 1. The summed E-state index contributed by atoms with van der Waals surface area (Å²) in [6.07, 6.45) is 4.74. The van der Waals surface area contributed by atoms with Crippen LogP contribution >= 0.6 is 0 Å². The molecule has 0 saturated heterocycles. The SMILES string of the molecule is CC(=O)OC(C)C/C=C/c1ccccc1. The normalized spacial score (nSPS) is 12.7. The molecule has 1 rings (SSSR count). The lowest BCUT2D eigenvalue weighted by molar-refractivity contribution is -0.145. The average molecular weight is 204 g/mol. The van der Waals surface area contributed by atoms with Crippen LogP contribution in [0.4, 0.5) is 0 Å². The van der Waals surface area contributed by atoms with Crippen LogP contribution in [-0.2, 0) is 9.53 Å². The minimum atomic E-state index is -0.226. The second-order valence-electron chi connectivity index (χ2n) is 3.47. The van der Waals surface area contributed by atoms with Crippen molar-refractivity contribution in [2.75, 3.05) is 0 Å². The fourth-order valence-electron chi connectivity index (χ4n) is 1.29. The fraction of sp³-hybridized carbons (Fsp3) is 0.308. The molecule has 80 valence electrons. The molecule has 2 heteroatoms. The summed E-state index contributed by atoms with van der Waals surface area (Å²) in [5.41, 5.74) is 1.16. The highest BCUT2D eigenvalue weighted by molar-refractivity contribution is 5.66. The van der Waals surface area contributed by atoms with E-state index in [-0.39, 0.29) is 12.1 Å². The standard InChI is InChI=1S/C13H16O2/c1-11(15-12(2)14)7-6-10-13-8-4-3-5-9-13/h3-6,8-11H,7H2,1-2H3/b10-6+. The first-order chi connectivity index (χ1) is 7.18. The highest BCUT2D eigenvalue weighted by Gasteiger charge is 2.01. The summed E-state index contributed by atoms with van der Waals surface area (Å²) in [4.78, 5) is 10.6. The summed E-state index contributed by atoms with van der Waals surface area (Å²) >= 11 is 0. The van der Waals surface area contributed by atoms with Crippen LogP contribution in [0.5, 0.6) is 0 Å². The third-order valence-electron chi connectivity index (χ3n) is 1.95. The zero-order valence-corrected chi connectivity index (χ0v) is 9.14. The Hall–Kier alpha value is -1.57. The molecule has 0 aliphatic rings. The van der Waals surface area contributed by atoms with Gasteiger partial charge in [-0.05, 0) is 12.5 Å². The van der Waals surface area contributed by atoms with Crippen molar-refractivity contribution in [1.82, 2.24) is 0 Å². The van der Waals surface area contributed by atoms with Crippen LogP contribution in [0.3, 0.4) is 0 Å². The molecule has 0 aliphatic carbocycles. The number of hydrogen-bond acceptors (Lipinski definition) is 2. The Morgan fingerprint density at radius 3 is 2.67 bits per heavy atom. The van der Waals surface area contributed by atoms with Gasteiger partial charge in [0.1, 0.15) is 6.10 Å². The number of rotatable bonds is 4. The molecule has 0 saturated carbocycles. The lowest BCUT2D eigenvalue weighted by atomic mass is 10.2. The quantitative estimate of drug-likeness (QED) is 0.705. The van der Waals surface area contributed by atoms with E-state index in [1.807, 2.05) is 49.4 Å². The Morgan fingerprint density at radius 2 is 2.07 bits per heavy atom. The van der Waals surface area contributed by atoms with Crippen molar-refractivity contribution >= 4 is 12.0 Å². The molecule has 0 aromatic heterocycles. The summed E-state index contributed by atoms with van der Waals surface area (Å²) in [6.45, 7) is 3.31. The molecule has 15 heavy (non-hydrogen) atoms. The Bertz CT molecular complexity index is 328. The Labute approximate surface area is 90.6 Å². The van der Waals surface area contributed by atoms with E-state index in [2.05, 4.69) is 0 Å². The first kappa shape index (κ1) is 11.5. The maximum atomic E-state index is 10.6. The van der Waals surface area contributed by atoms with E-state index in [9.17, 15) is 4.79 Å². The average Bonchev–Trinajstić information content (AvgIpc) is 2.18. The van der Waals surface area contributed by atoms with E-state index in [0.29, 0.717) is 0 Å². The summed E-state index contributed by atoms with van der Waals surface area (Å²) in [7, 11) is 0. The van der Waals surface area contributed by atoms with Crippen molar-refractivity contribution in [3.63, 3.8) is 0 Å². The molecule has 1 aromatic rings. The van der Waals surface area contributed by atoms with Gasteiger partial charge in [-0.3, -0.25) is 4.79 Å². The molecule has 1 unspecified atom stereocenters. The summed E-state index contributed by atoms with van der Waals surface area (Å²) in [5, 5.41) is 0. The molecule has 0 bridgehead atoms. The Morgan fingerprint density at radius 1 is 1.40 bits per heavy atom. The molecule has 0 heterocycles. The zero-order chi connectivity index (χ0) is 11.1. The number of carbonyl (C=O) groups excluding carboxylic acids is 1. The predicted molar refractivity (Wildman–Crippen MR) is 61.3 cm³/mol. The predicted octanol–water partition coefficient (Wildman–Crippen LogP) is 3.04. The van der Waals surface area contributed by atoms with Crippen molar-refractivity contribution < 1.29 is 9.53 Å². The van der Waals surface area contributed by atoms with Gasteiger partial charge in [-0.2, -0.15) is 0 Å². The Kier molecular flexibility index (Phi) is 4.61. The van der Waals surface area contributed by atoms with E-state index in [4.69, 9.17) is 4.74 Å². The summed E-state index contributed by atoms with van der Waals surface area (Å²) < 4.78 is 5.00. The van der Waals surface area contributed by atoms with Crippen molar-refractivity contribution in [3.8, 4) is 0 Å². The molecule has 0 N–H and O–H groups in total. The summed E-state index contributed by atoms with van der Waals surface area (Å²) in [6, 6.07) is 10.0. The van der Waals surface area contributed by atoms with E-state index >= 15 is 0 Å². The van der Waals surface area contributed by atoms with Gasteiger partial charge in [0.25, 0.3) is 0 Å². The Balaban J connectivity index is 2.37. The van der Waals surface area contributed by atoms with Gasteiger partial charge in [-0.15, -0.1) is 0 Å². The number of ether oxygens (including phenoxy) is 1. The monoisotopic (exact) mass is 204 g/mol. The largest absolute Gasteiger partial charge is 0.463 e. The van der Waals surface area contributed by atoms with E-state index in [0.717, 1.165) is 12.0 Å². The second kappa shape index (κ2) is 6.02. The third kappa shape index (κ3) is 5.01. The van der Waals surface area contributed by atoms with Crippen LogP contribution in [0.25, 0.3) is 6.08 Å². The molecule has 1 aromatic carbocycles. The lowest BCUT2D eigenvalue weighted by Crippen LogP contribution is -2.10. The second-order valence-corrected chi connectivity index (χ2v) is 3.47. The van der Waals surface area contributed by atoms with Crippen LogP contribution in [-0.4, -0.2) is 12.1 Å². The number of hydrogen-bond donors (Lipinski definition) is 0. The highest BCUT2D eigenvalue weighted by atomic mass is 16.5.